The minimum Gasteiger partial charge on any atom is -0.339 e. The lowest BCUT2D eigenvalue weighted by Gasteiger charge is -2.41. The standard InChI is InChI=1S/C22H33N5OS/c23-17-20(21-5-4-16-29-21)26-12-14-27(15-13-26)22(28)18-24-10-6-19(7-11-24)25-8-2-1-3-9-25/h4-5,16,19-20H,1-3,6-15,18H2/t20-/m0/s1. The van der Waals surface area contributed by atoms with E-state index in [1.807, 2.05) is 22.4 Å². The number of amides is 1. The number of thiophene rings is 1. The van der Waals surface area contributed by atoms with E-state index in [1.165, 1.54) is 45.2 Å². The average Bonchev–Trinajstić information content (AvgIpc) is 3.30. The summed E-state index contributed by atoms with van der Waals surface area (Å²) in [5.74, 6) is 0.255. The van der Waals surface area contributed by atoms with Gasteiger partial charge in [0.1, 0.15) is 6.04 Å². The van der Waals surface area contributed by atoms with Gasteiger partial charge in [0.05, 0.1) is 12.6 Å². The van der Waals surface area contributed by atoms with Gasteiger partial charge >= 0.3 is 0 Å². The van der Waals surface area contributed by atoms with Gasteiger partial charge in [-0.1, -0.05) is 12.5 Å². The molecule has 0 aromatic carbocycles. The van der Waals surface area contributed by atoms with Gasteiger partial charge in [0.25, 0.3) is 0 Å². The van der Waals surface area contributed by atoms with Crippen LogP contribution in [0.25, 0.3) is 0 Å². The number of hydrogen-bond donors (Lipinski definition) is 0. The highest BCUT2D eigenvalue weighted by atomic mass is 32.1. The average molecular weight is 416 g/mol. The molecule has 3 aliphatic heterocycles. The molecular weight excluding hydrogens is 382 g/mol. The van der Waals surface area contributed by atoms with Gasteiger partial charge in [-0.3, -0.25) is 14.6 Å². The molecule has 0 saturated carbocycles. The van der Waals surface area contributed by atoms with E-state index in [1.54, 1.807) is 11.3 Å². The Balaban J connectivity index is 1.20. The quantitative estimate of drug-likeness (QED) is 0.739. The second-order valence-electron chi connectivity index (χ2n) is 8.57. The first-order chi connectivity index (χ1) is 14.2. The lowest BCUT2D eigenvalue weighted by molar-refractivity contribution is -0.134. The molecule has 0 bridgehead atoms. The first-order valence-electron chi connectivity index (χ1n) is 11.2. The van der Waals surface area contributed by atoms with Gasteiger partial charge < -0.3 is 9.80 Å². The van der Waals surface area contributed by atoms with Crippen molar-refractivity contribution in [2.75, 3.05) is 58.9 Å². The molecule has 29 heavy (non-hydrogen) atoms. The zero-order valence-electron chi connectivity index (χ0n) is 17.3. The summed E-state index contributed by atoms with van der Waals surface area (Å²) in [6.45, 7) is 8.19. The van der Waals surface area contributed by atoms with Crippen LogP contribution in [0.2, 0.25) is 0 Å². The minimum absolute atomic E-state index is 0.180. The van der Waals surface area contributed by atoms with E-state index in [0.29, 0.717) is 6.54 Å². The smallest absolute Gasteiger partial charge is 0.236 e. The van der Waals surface area contributed by atoms with Crippen LogP contribution in [0.15, 0.2) is 17.5 Å². The van der Waals surface area contributed by atoms with Crippen LogP contribution in [0.5, 0.6) is 0 Å². The van der Waals surface area contributed by atoms with Crippen LogP contribution in [0.3, 0.4) is 0 Å². The van der Waals surface area contributed by atoms with E-state index < -0.39 is 0 Å². The molecule has 0 radical (unpaired) electrons. The Hall–Kier alpha value is -1.46. The summed E-state index contributed by atoms with van der Waals surface area (Å²) < 4.78 is 0. The van der Waals surface area contributed by atoms with Crippen molar-refractivity contribution in [1.29, 1.82) is 5.26 Å². The lowest BCUT2D eigenvalue weighted by Crippen LogP contribution is -2.53. The van der Waals surface area contributed by atoms with E-state index in [-0.39, 0.29) is 11.9 Å². The molecule has 1 aromatic rings. The number of carbonyl (C=O) groups is 1. The van der Waals surface area contributed by atoms with Crippen molar-refractivity contribution < 1.29 is 4.79 Å². The Morgan fingerprint density at radius 1 is 1.07 bits per heavy atom. The molecule has 3 fully saturated rings. The SMILES string of the molecule is N#C[C@@H](c1cccs1)N1CCN(C(=O)CN2CCC(N3CCCCC3)CC2)CC1. The molecule has 7 heteroatoms. The summed E-state index contributed by atoms with van der Waals surface area (Å²) in [4.78, 5) is 23.1. The number of piperidine rings is 2. The van der Waals surface area contributed by atoms with Crippen LogP contribution >= 0.6 is 11.3 Å². The fourth-order valence-electron chi connectivity index (χ4n) is 5.02. The number of carbonyl (C=O) groups excluding carboxylic acids is 1. The molecule has 1 amide bonds. The van der Waals surface area contributed by atoms with Crippen molar-refractivity contribution in [3.05, 3.63) is 22.4 Å². The molecule has 158 valence electrons. The molecule has 3 saturated heterocycles. The largest absolute Gasteiger partial charge is 0.339 e. The lowest BCUT2D eigenvalue weighted by atomic mass is 10.00. The highest BCUT2D eigenvalue weighted by Gasteiger charge is 2.30. The van der Waals surface area contributed by atoms with Crippen LogP contribution in [-0.4, -0.2) is 90.5 Å². The van der Waals surface area contributed by atoms with Gasteiger partial charge in [0, 0.05) is 50.2 Å². The van der Waals surface area contributed by atoms with Crippen molar-refractivity contribution in [3.8, 4) is 6.07 Å². The monoisotopic (exact) mass is 415 g/mol. The Morgan fingerprint density at radius 2 is 1.79 bits per heavy atom. The third-order valence-electron chi connectivity index (χ3n) is 6.79. The van der Waals surface area contributed by atoms with Gasteiger partial charge in [-0.2, -0.15) is 5.26 Å². The van der Waals surface area contributed by atoms with Gasteiger partial charge in [-0.05, 0) is 50.2 Å². The topological polar surface area (TPSA) is 53.8 Å². The zero-order valence-corrected chi connectivity index (χ0v) is 18.2. The maximum Gasteiger partial charge on any atom is 0.236 e. The molecule has 1 aromatic heterocycles. The van der Waals surface area contributed by atoms with Crippen molar-refractivity contribution >= 4 is 17.2 Å². The predicted octanol–water partition coefficient (Wildman–Crippen LogP) is 2.41. The molecule has 0 unspecified atom stereocenters. The molecule has 0 aliphatic carbocycles. The summed E-state index contributed by atoms with van der Waals surface area (Å²) in [6.07, 6.45) is 6.49. The predicted molar refractivity (Wildman–Crippen MR) is 116 cm³/mol. The summed E-state index contributed by atoms with van der Waals surface area (Å²) in [7, 11) is 0. The van der Waals surface area contributed by atoms with Gasteiger partial charge in [-0.25, -0.2) is 0 Å². The number of likely N-dealkylation sites (tertiary alicyclic amines) is 2. The Morgan fingerprint density at radius 3 is 2.41 bits per heavy atom. The maximum absolute atomic E-state index is 12.8. The second-order valence-corrected chi connectivity index (χ2v) is 9.55. The highest BCUT2D eigenvalue weighted by molar-refractivity contribution is 7.10. The first kappa shape index (κ1) is 20.8. The zero-order chi connectivity index (χ0) is 20.1. The van der Waals surface area contributed by atoms with Gasteiger partial charge in [0.2, 0.25) is 5.91 Å². The van der Waals surface area contributed by atoms with E-state index in [0.717, 1.165) is 50.2 Å². The summed E-state index contributed by atoms with van der Waals surface area (Å²) in [6, 6.07) is 7.01. The summed E-state index contributed by atoms with van der Waals surface area (Å²) in [5.41, 5.74) is 0. The van der Waals surface area contributed by atoms with E-state index in [9.17, 15) is 10.1 Å². The summed E-state index contributed by atoms with van der Waals surface area (Å²) >= 11 is 1.64. The molecule has 3 aliphatic rings. The first-order valence-corrected chi connectivity index (χ1v) is 12.0. The fourth-order valence-corrected chi connectivity index (χ4v) is 5.82. The van der Waals surface area contributed by atoms with Crippen molar-refractivity contribution in [3.63, 3.8) is 0 Å². The van der Waals surface area contributed by atoms with Crippen LogP contribution in [0, 0.1) is 11.3 Å². The Kier molecular flexibility index (Phi) is 7.20. The normalized spacial score (nSPS) is 24.3. The van der Waals surface area contributed by atoms with Crippen LogP contribution in [0.4, 0.5) is 0 Å². The number of nitriles is 1. The molecular formula is C22H33N5OS. The molecule has 4 heterocycles. The third-order valence-corrected chi connectivity index (χ3v) is 7.71. The third kappa shape index (κ3) is 5.18. The molecule has 4 rings (SSSR count). The van der Waals surface area contributed by atoms with Gasteiger partial charge in [-0.15, -0.1) is 11.3 Å². The number of rotatable bonds is 5. The Bertz CT molecular complexity index is 681. The van der Waals surface area contributed by atoms with Crippen LogP contribution in [0.1, 0.15) is 43.0 Å². The number of hydrogen-bond acceptors (Lipinski definition) is 6. The number of nitrogens with zero attached hydrogens (tertiary/aromatic N) is 5. The number of piperazine rings is 1. The van der Waals surface area contributed by atoms with Crippen molar-refractivity contribution in [2.45, 2.75) is 44.2 Å². The molecule has 0 spiro atoms. The fraction of sp³-hybridized carbons (Fsp3) is 0.727. The van der Waals surface area contributed by atoms with Gasteiger partial charge in [0.15, 0.2) is 0 Å². The second kappa shape index (κ2) is 10.0. The summed E-state index contributed by atoms with van der Waals surface area (Å²) in [5, 5.41) is 11.6. The van der Waals surface area contributed by atoms with E-state index in [2.05, 4.69) is 20.8 Å². The molecule has 0 N–H and O–H groups in total. The Labute approximate surface area is 178 Å². The van der Waals surface area contributed by atoms with Crippen LogP contribution < -0.4 is 0 Å². The van der Waals surface area contributed by atoms with Crippen molar-refractivity contribution in [1.82, 2.24) is 19.6 Å². The minimum atomic E-state index is -0.180. The maximum atomic E-state index is 12.8. The molecule has 1 atom stereocenters. The van der Waals surface area contributed by atoms with E-state index >= 15 is 0 Å². The van der Waals surface area contributed by atoms with Crippen molar-refractivity contribution in [2.24, 2.45) is 0 Å². The van der Waals surface area contributed by atoms with E-state index in [4.69, 9.17) is 0 Å². The van der Waals surface area contributed by atoms with Crippen LogP contribution in [-0.2, 0) is 4.79 Å². The highest BCUT2D eigenvalue weighted by Crippen LogP contribution is 2.26. The molecule has 6 nitrogen and oxygen atoms in total.